The molecule has 98 valence electrons. The molecule has 1 amide bonds. The molecule has 0 bridgehead atoms. The van der Waals surface area contributed by atoms with Crippen LogP contribution in [0.4, 0.5) is 0 Å². The first-order chi connectivity index (χ1) is 9.15. The SMILES string of the molecule is Cc1cc(C(=O)N2Cc3ccccc3CC2C)ns1. The third-order valence-corrected chi connectivity index (χ3v) is 4.31. The normalized spacial score (nSPS) is 18.2. The molecule has 2 aromatic rings. The summed E-state index contributed by atoms with van der Waals surface area (Å²) in [6.07, 6.45) is 0.922. The molecule has 0 spiro atoms. The van der Waals surface area contributed by atoms with Crippen molar-refractivity contribution in [3.05, 3.63) is 52.0 Å². The van der Waals surface area contributed by atoms with E-state index in [1.807, 2.05) is 24.0 Å². The lowest BCUT2D eigenvalue weighted by Gasteiger charge is -2.34. The number of aromatic nitrogens is 1. The Morgan fingerprint density at radius 3 is 2.79 bits per heavy atom. The number of amides is 1. The summed E-state index contributed by atoms with van der Waals surface area (Å²) in [6.45, 7) is 4.77. The minimum absolute atomic E-state index is 0.0475. The van der Waals surface area contributed by atoms with Crippen LogP contribution in [-0.2, 0) is 13.0 Å². The number of hydrogen-bond acceptors (Lipinski definition) is 3. The Bertz CT molecular complexity index is 620. The lowest BCUT2D eigenvalue weighted by atomic mass is 9.94. The maximum absolute atomic E-state index is 12.5. The molecule has 1 atom stereocenters. The van der Waals surface area contributed by atoms with Crippen molar-refractivity contribution >= 4 is 17.4 Å². The lowest BCUT2D eigenvalue weighted by molar-refractivity contribution is 0.0653. The van der Waals surface area contributed by atoms with Gasteiger partial charge in [0.25, 0.3) is 5.91 Å². The largest absolute Gasteiger partial charge is 0.330 e. The standard InChI is InChI=1S/C15H16N2OS/c1-10-7-12-5-3-4-6-13(12)9-17(10)15(18)14-8-11(2)19-16-14/h3-6,8,10H,7,9H2,1-2H3. The third-order valence-electron chi connectivity index (χ3n) is 3.61. The topological polar surface area (TPSA) is 33.2 Å². The van der Waals surface area contributed by atoms with Crippen LogP contribution in [0.1, 0.15) is 33.4 Å². The number of nitrogens with zero attached hydrogens (tertiary/aromatic N) is 2. The third kappa shape index (κ3) is 2.28. The van der Waals surface area contributed by atoms with Gasteiger partial charge in [0.15, 0.2) is 0 Å². The van der Waals surface area contributed by atoms with Gasteiger partial charge in [-0.2, -0.15) is 4.37 Å². The maximum Gasteiger partial charge on any atom is 0.274 e. The van der Waals surface area contributed by atoms with E-state index in [0.29, 0.717) is 12.2 Å². The monoisotopic (exact) mass is 272 g/mol. The second-order valence-corrected chi connectivity index (χ2v) is 6.09. The van der Waals surface area contributed by atoms with Gasteiger partial charge < -0.3 is 4.90 Å². The number of carbonyl (C=O) groups excluding carboxylic acids is 1. The summed E-state index contributed by atoms with van der Waals surface area (Å²) in [4.78, 5) is 15.5. The highest BCUT2D eigenvalue weighted by atomic mass is 32.1. The molecular weight excluding hydrogens is 256 g/mol. The molecular formula is C15H16N2OS. The highest BCUT2D eigenvalue weighted by molar-refractivity contribution is 7.05. The number of rotatable bonds is 1. The molecule has 0 saturated carbocycles. The molecule has 3 nitrogen and oxygen atoms in total. The minimum Gasteiger partial charge on any atom is -0.330 e. The number of benzene rings is 1. The minimum atomic E-state index is 0.0475. The highest BCUT2D eigenvalue weighted by Crippen LogP contribution is 2.24. The smallest absolute Gasteiger partial charge is 0.274 e. The van der Waals surface area contributed by atoms with Crippen LogP contribution in [-0.4, -0.2) is 21.2 Å². The number of hydrogen-bond donors (Lipinski definition) is 0. The zero-order valence-electron chi connectivity index (χ0n) is 11.1. The summed E-state index contributed by atoms with van der Waals surface area (Å²) in [5.41, 5.74) is 3.18. The molecule has 1 aromatic heterocycles. The number of carbonyl (C=O) groups is 1. The molecule has 0 fully saturated rings. The molecule has 0 aliphatic carbocycles. The second-order valence-electron chi connectivity index (χ2n) is 5.08. The van der Waals surface area contributed by atoms with Crippen molar-refractivity contribution < 1.29 is 4.79 Å². The van der Waals surface area contributed by atoms with Gasteiger partial charge in [-0.15, -0.1) is 0 Å². The van der Waals surface area contributed by atoms with Gasteiger partial charge in [-0.25, -0.2) is 0 Å². The van der Waals surface area contributed by atoms with Crippen molar-refractivity contribution in [1.29, 1.82) is 0 Å². The first-order valence-electron chi connectivity index (χ1n) is 6.46. The van der Waals surface area contributed by atoms with Crippen molar-refractivity contribution in [2.45, 2.75) is 32.9 Å². The summed E-state index contributed by atoms with van der Waals surface area (Å²) >= 11 is 1.39. The van der Waals surface area contributed by atoms with Gasteiger partial charge in [-0.3, -0.25) is 4.79 Å². The molecule has 4 heteroatoms. The first kappa shape index (κ1) is 12.4. The quantitative estimate of drug-likeness (QED) is 0.799. The summed E-state index contributed by atoms with van der Waals surface area (Å²) in [7, 11) is 0. The van der Waals surface area contributed by atoms with E-state index in [1.165, 1.54) is 22.7 Å². The van der Waals surface area contributed by atoms with Crippen LogP contribution >= 0.6 is 11.5 Å². The van der Waals surface area contributed by atoms with Crippen LogP contribution in [0.25, 0.3) is 0 Å². The van der Waals surface area contributed by atoms with E-state index in [2.05, 4.69) is 29.5 Å². The highest BCUT2D eigenvalue weighted by Gasteiger charge is 2.28. The van der Waals surface area contributed by atoms with Gasteiger partial charge in [0.05, 0.1) is 0 Å². The molecule has 1 aliphatic heterocycles. The van der Waals surface area contributed by atoms with E-state index in [4.69, 9.17) is 0 Å². The van der Waals surface area contributed by atoms with Crippen molar-refractivity contribution in [3.63, 3.8) is 0 Å². The summed E-state index contributed by atoms with van der Waals surface area (Å²) in [5, 5.41) is 0. The Balaban J connectivity index is 1.88. The van der Waals surface area contributed by atoms with Crippen LogP contribution in [0, 0.1) is 6.92 Å². The second kappa shape index (κ2) is 4.78. The van der Waals surface area contributed by atoms with Crippen LogP contribution in [0.3, 0.4) is 0 Å². The van der Waals surface area contributed by atoms with Crippen LogP contribution in [0.5, 0.6) is 0 Å². The van der Waals surface area contributed by atoms with Gasteiger partial charge in [0.2, 0.25) is 0 Å². The first-order valence-corrected chi connectivity index (χ1v) is 7.23. The predicted octanol–water partition coefficient (Wildman–Crippen LogP) is 3.04. The fourth-order valence-electron chi connectivity index (χ4n) is 2.56. The van der Waals surface area contributed by atoms with E-state index in [-0.39, 0.29) is 11.9 Å². The molecule has 1 aromatic carbocycles. The summed E-state index contributed by atoms with van der Waals surface area (Å²) < 4.78 is 4.23. The molecule has 0 N–H and O–H groups in total. The zero-order chi connectivity index (χ0) is 13.4. The van der Waals surface area contributed by atoms with E-state index in [9.17, 15) is 4.79 Å². The number of fused-ring (bicyclic) bond motifs is 1. The zero-order valence-corrected chi connectivity index (χ0v) is 11.9. The Morgan fingerprint density at radius 2 is 2.11 bits per heavy atom. The molecule has 19 heavy (non-hydrogen) atoms. The van der Waals surface area contributed by atoms with Gasteiger partial charge in [-0.1, -0.05) is 24.3 Å². The summed E-state index contributed by atoms with van der Waals surface area (Å²) in [6, 6.07) is 10.5. The maximum atomic E-state index is 12.5. The van der Waals surface area contributed by atoms with Crippen LogP contribution in [0.15, 0.2) is 30.3 Å². The molecule has 1 unspecified atom stereocenters. The van der Waals surface area contributed by atoms with E-state index < -0.39 is 0 Å². The number of aryl methyl sites for hydroxylation is 1. The predicted molar refractivity (Wildman–Crippen MR) is 76.3 cm³/mol. The van der Waals surface area contributed by atoms with Crippen molar-refractivity contribution in [2.75, 3.05) is 0 Å². The Kier molecular flexibility index (Phi) is 3.11. The van der Waals surface area contributed by atoms with Crippen LogP contribution < -0.4 is 0 Å². The molecule has 0 radical (unpaired) electrons. The molecule has 2 heterocycles. The van der Waals surface area contributed by atoms with Gasteiger partial charge in [0.1, 0.15) is 5.69 Å². The Hall–Kier alpha value is -1.68. The van der Waals surface area contributed by atoms with Gasteiger partial charge in [-0.05, 0) is 49.0 Å². The fraction of sp³-hybridized carbons (Fsp3) is 0.333. The van der Waals surface area contributed by atoms with E-state index in [1.54, 1.807) is 0 Å². The molecule has 3 rings (SSSR count). The van der Waals surface area contributed by atoms with Gasteiger partial charge >= 0.3 is 0 Å². The Morgan fingerprint density at radius 1 is 1.37 bits per heavy atom. The van der Waals surface area contributed by atoms with Crippen LogP contribution in [0.2, 0.25) is 0 Å². The lowest BCUT2D eigenvalue weighted by Crippen LogP contribution is -2.42. The molecule has 1 aliphatic rings. The van der Waals surface area contributed by atoms with Crippen molar-refractivity contribution in [2.24, 2.45) is 0 Å². The molecule has 0 saturated heterocycles. The average molecular weight is 272 g/mol. The Labute approximate surface area is 117 Å². The van der Waals surface area contributed by atoms with E-state index >= 15 is 0 Å². The van der Waals surface area contributed by atoms with E-state index in [0.717, 1.165) is 11.3 Å². The fourth-order valence-corrected chi connectivity index (χ4v) is 3.10. The summed E-state index contributed by atoms with van der Waals surface area (Å²) in [5.74, 6) is 0.0475. The average Bonchev–Trinajstić information content (AvgIpc) is 2.84. The van der Waals surface area contributed by atoms with Gasteiger partial charge in [0, 0.05) is 17.5 Å². The van der Waals surface area contributed by atoms with Crippen molar-refractivity contribution in [1.82, 2.24) is 9.27 Å². The van der Waals surface area contributed by atoms with Crippen molar-refractivity contribution in [3.8, 4) is 0 Å².